The Morgan fingerprint density at radius 3 is 2.59 bits per heavy atom. The van der Waals surface area contributed by atoms with E-state index in [0.29, 0.717) is 22.9 Å². The predicted octanol–water partition coefficient (Wildman–Crippen LogP) is 2.29. The normalized spacial score (nSPS) is 13.6. The fourth-order valence-electron chi connectivity index (χ4n) is 3.15. The number of hydrogen-bond donors (Lipinski definition) is 2. The smallest absolute Gasteiger partial charge is 0.278 e. The molecule has 0 radical (unpaired) electrons. The van der Waals surface area contributed by atoms with Crippen molar-refractivity contribution < 1.29 is 22.7 Å². The van der Waals surface area contributed by atoms with Gasteiger partial charge < -0.3 is 14.8 Å². The average Bonchev–Trinajstić information content (AvgIpc) is 3.50. The van der Waals surface area contributed by atoms with Gasteiger partial charge in [0.2, 0.25) is 10.0 Å². The van der Waals surface area contributed by atoms with Crippen molar-refractivity contribution in [3.8, 4) is 17.2 Å². The van der Waals surface area contributed by atoms with Crippen LogP contribution in [-0.2, 0) is 10.0 Å². The Bertz CT molecular complexity index is 1270. The number of sulfonamides is 1. The lowest BCUT2D eigenvalue weighted by Crippen LogP contribution is -2.26. The van der Waals surface area contributed by atoms with Crippen LogP contribution < -0.4 is 19.5 Å². The van der Waals surface area contributed by atoms with Gasteiger partial charge in [-0.05, 0) is 50.1 Å². The zero-order valence-electron chi connectivity index (χ0n) is 17.8. The molecular weight excluding hydrogens is 434 g/mol. The lowest BCUT2D eigenvalue weighted by Gasteiger charge is -2.12. The first-order valence-electron chi connectivity index (χ1n) is 9.91. The Morgan fingerprint density at radius 1 is 1.12 bits per heavy atom. The number of carbonyl (C=O) groups excluding carboxylic acids is 1. The van der Waals surface area contributed by atoms with Crippen LogP contribution >= 0.6 is 0 Å². The van der Waals surface area contributed by atoms with Crippen LogP contribution in [0.25, 0.3) is 5.69 Å². The number of aromatic nitrogens is 3. The summed E-state index contributed by atoms with van der Waals surface area (Å²) in [5.74, 6) is 0.423. The minimum Gasteiger partial charge on any atom is -0.497 e. The Hall–Kier alpha value is -3.44. The summed E-state index contributed by atoms with van der Waals surface area (Å²) in [7, 11) is -0.692. The van der Waals surface area contributed by atoms with Crippen LogP contribution in [0.4, 0.5) is 5.69 Å². The highest BCUT2D eigenvalue weighted by Gasteiger charge is 2.29. The number of rotatable bonds is 8. The number of carbonyl (C=O) groups is 1. The van der Waals surface area contributed by atoms with Gasteiger partial charge >= 0.3 is 0 Å². The number of amides is 1. The standard InChI is InChI=1S/C21H23N5O5S/c1-13-20(23-25-26(13)15-5-4-6-16(11-15)30-2)21(27)22-18-12-17(9-10-19(18)31-3)32(28,29)24-14-7-8-14/h4-6,9-12,14,24H,7-8H2,1-3H3,(H,22,27). The number of methoxy groups -OCH3 is 2. The highest BCUT2D eigenvalue weighted by molar-refractivity contribution is 7.89. The number of ether oxygens (including phenoxy) is 2. The molecule has 0 unspecified atom stereocenters. The van der Waals surface area contributed by atoms with Crippen molar-refractivity contribution >= 4 is 21.6 Å². The van der Waals surface area contributed by atoms with E-state index in [1.807, 2.05) is 12.1 Å². The van der Waals surface area contributed by atoms with E-state index in [4.69, 9.17) is 9.47 Å². The quantitative estimate of drug-likeness (QED) is 0.532. The number of nitrogens with one attached hydrogen (secondary N) is 2. The van der Waals surface area contributed by atoms with Gasteiger partial charge in [-0.25, -0.2) is 17.8 Å². The fourth-order valence-corrected chi connectivity index (χ4v) is 4.48. The third-order valence-corrected chi connectivity index (χ3v) is 6.55. The Balaban J connectivity index is 1.61. The Kier molecular flexibility index (Phi) is 5.85. The number of benzene rings is 2. The van der Waals surface area contributed by atoms with Crippen molar-refractivity contribution in [2.75, 3.05) is 19.5 Å². The molecule has 0 aliphatic heterocycles. The molecule has 3 aromatic rings. The zero-order chi connectivity index (χ0) is 22.9. The van der Waals surface area contributed by atoms with Crippen LogP contribution in [0.3, 0.4) is 0 Å². The zero-order valence-corrected chi connectivity index (χ0v) is 18.6. The van der Waals surface area contributed by atoms with Gasteiger partial charge in [0, 0.05) is 12.1 Å². The predicted molar refractivity (Wildman–Crippen MR) is 117 cm³/mol. The minimum atomic E-state index is -3.69. The lowest BCUT2D eigenvalue weighted by atomic mass is 10.2. The number of anilines is 1. The first kappa shape index (κ1) is 21.8. The van der Waals surface area contributed by atoms with Gasteiger partial charge in [0.25, 0.3) is 5.91 Å². The summed E-state index contributed by atoms with van der Waals surface area (Å²) >= 11 is 0. The topological polar surface area (TPSA) is 124 Å². The van der Waals surface area contributed by atoms with E-state index in [2.05, 4.69) is 20.4 Å². The molecule has 0 spiro atoms. The molecule has 11 heteroatoms. The van der Waals surface area contributed by atoms with E-state index in [0.717, 1.165) is 12.8 Å². The fraction of sp³-hybridized carbons (Fsp3) is 0.286. The maximum Gasteiger partial charge on any atom is 0.278 e. The highest BCUT2D eigenvalue weighted by atomic mass is 32.2. The third kappa shape index (κ3) is 4.43. The minimum absolute atomic E-state index is 0.0329. The monoisotopic (exact) mass is 457 g/mol. The van der Waals surface area contributed by atoms with Gasteiger partial charge in [-0.1, -0.05) is 11.3 Å². The molecule has 0 bridgehead atoms. The second kappa shape index (κ2) is 8.60. The lowest BCUT2D eigenvalue weighted by molar-refractivity contribution is 0.102. The summed E-state index contributed by atoms with van der Waals surface area (Å²) in [6.07, 6.45) is 1.64. The second-order valence-corrected chi connectivity index (χ2v) is 9.06. The molecule has 2 aromatic carbocycles. The van der Waals surface area contributed by atoms with Crippen LogP contribution in [0.2, 0.25) is 0 Å². The van der Waals surface area contributed by atoms with E-state index < -0.39 is 15.9 Å². The Labute approximate surface area is 185 Å². The third-order valence-electron chi connectivity index (χ3n) is 5.04. The maximum absolute atomic E-state index is 12.9. The summed E-state index contributed by atoms with van der Waals surface area (Å²) in [5.41, 5.74) is 1.50. The molecule has 4 rings (SSSR count). The van der Waals surface area contributed by atoms with Crippen molar-refractivity contribution in [1.82, 2.24) is 19.7 Å². The van der Waals surface area contributed by atoms with Crippen LogP contribution in [0, 0.1) is 6.92 Å². The van der Waals surface area contributed by atoms with Gasteiger partial charge in [0.05, 0.1) is 36.2 Å². The van der Waals surface area contributed by atoms with Gasteiger partial charge in [0.15, 0.2) is 5.69 Å². The molecule has 168 valence electrons. The molecule has 1 aromatic heterocycles. The molecule has 0 saturated heterocycles. The van der Waals surface area contributed by atoms with E-state index in [1.165, 1.54) is 30.0 Å². The van der Waals surface area contributed by atoms with Crippen molar-refractivity contribution in [2.45, 2.75) is 30.7 Å². The molecule has 1 aliphatic rings. The van der Waals surface area contributed by atoms with Crippen molar-refractivity contribution in [3.05, 3.63) is 53.9 Å². The Morgan fingerprint density at radius 2 is 1.91 bits per heavy atom. The van der Waals surface area contributed by atoms with Crippen LogP contribution in [0.1, 0.15) is 29.0 Å². The van der Waals surface area contributed by atoms with E-state index in [-0.39, 0.29) is 22.3 Å². The van der Waals surface area contributed by atoms with Crippen molar-refractivity contribution in [3.63, 3.8) is 0 Å². The van der Waals surface area contributed by atoms with Gasteiger partial charge in [-0.3, -0.25) is 4.79 Å². The second-order valence-electron chi connectivity index (χ2n) is 7.35. The van der Waals surface area contributed by atoms with Crippen molar-refractivity contribution in [2.24, 2.45) is 0 Å². The maximum atomic E-state index is 12.9. The van der Waals surface area contributed by atoms with Gasteiger partial charge in [0.1, 0.15) is 11.5 Å². The highest BCUT2D eigenvalue weighted by Crippen LogP contribution is 2.30. The van der Waals surface area contributed by atoms with Crippen LogP contribution in [-0.4, -0.2) is 49.6 Å². The molecule has 2 N–H and O–H groups in total. The molecule has 1 amide bonds. The first-order valence-corrected chi connectivity index (χ1v) is 11.4. The first-order chi connectivity index (χ1) is 15.3. The van der Waals surface area contributed by atoms with Crippen LogP contribution in [0.5, 0.6) is 11.5 Å². The number of hydrogen-bond acceptors (Lipinski definition) is 7. The van der Waals surface area contributed by atoms with E-state index in [1.54, 1.807) is 26.2 Å². The summed E-state index contributed by atoms with van der Waals surface area (Å²) in [5, 5.41) is 10.8. The molecular formula is C21H23N5O5S. The summed E-state index contributed by atoms with van der Waals surface area (Å²) in [6, 6.07) is 11.5. The SMILES string of the molecule is COc1cccc(-n2nnc(C(=O)Nc3cc(S(=O)(=O)NC4CC4)ccc3OC)c2C)c1. The largest absolute Gasteiger partial charge is 0.497 e. The molecule has 1 aliphatic carbocycles. The van der Waals surface area contributed by atoms with Crippen LogP contribution in [0.15, 0.2) is 47.4 Å². The van der Waals surface area contributed by atoms with E-state index >= 15 is 0 Å². The number of nitrogens with zero attached hydrogens (tertiary/aromatic N) is 3. The van der Waals surface area contributed by atoms with Gasteiger partial charge in [-0.15, -0.1) is 5.10 Å². The average molecular weight is 458 g/mol. The van der Waals surface area contributed by atoms with Gasteiger partial charge in [-0.2, -0.15) is 0 Å². The molecule has 32 heavy (non-hydrogen) atoms. The van der Waals surface area contributed by atoms with E-state index in [9.17, 15) is 13.2 Å². The molecule has 0 atom stereocenters. The molecule has 10 nitrogen and oxygen atoms in total. The molecule has 1 saturated carbocycles. The van der Waals surface area contributed by atoms with Crippen molar-refractivity contribution in [1.29, 1.82) is 0 Å². The molecule has 1 fully saturated rings. The summed E-state index contributed by atoms with van der Waals surface area (Å²) in [6.45, 7) is 1.71. The summed E-state index contributed by atoms with van der Waals surface area (Å²) < 4.78 is 39.8. The molecule has 1 heterocycles. The summed E-state index contributed by atoms with van der Waals surface area (Å²) in [4.78, 5) is 13.0.